The van der Waals surface area contributed by atoms with Gasteiger partial charge in [-0.25, -0.2) is 8.42 Å². The van der Waals surface area contributed by atoms with E-state index in [0.717, 1.165) is 22.0 Å². The van der Waals surface area contributed by atoms with Crippen molar-refractivity contribution in [2.45, 2.75) is 17.6 Å². The van der Waals surface area contributed by atoms with Gasteiger partial charge in [-0.05, 0) is 23.8 Å². The Morgan fingerprint density at radius 3 is 2.26 bits per heavy atom. The molecule has 2 aromatic rings. The van der Waals surface area contributed by atoms with Crippen LogP contribution in [0.2, 0.25) is 5.02 Å². The average molecular weight is 364 g/mol. The van der Waals surface area contributed by atoms with Gasteiger partial charge in [0.15, 0.2) is 0 Å². The quantitative estimate of drug-likeness (QED) is 0.817. The predicted molar refractivity (Wildman–Crippen MR) is 81.5 cm³/mol. The van der Waals surface area contributed by atoms with Crippen molar-refractivity contribution in [3.8, 4) is 0 Å². The lowest BCUT2D eigenvalue weighted by molar-refractivity contribution is -0.137. The minimum Gasteiger partial charge on any atom is -0.207 e. The van der Waals surface area contributed by atoms with Crippen LogP contribution in [0, 0.1) is 0 Å². The van der Waals surface area contributed by atoms with Gasteiger partial charge in [0.25, 0.3) is 0 Å². The van der Waals surface area contributed by atoms with Gasteiger partial charge < -0.3 is 0 Å². The van der Waals surface area contributed by atoms with Crippen LogP contribution in [-0.4, -0.2) is 19.8 Å². The summed E-state index contributed by atoms with van der Waals surface area (Å²) < 4.78 is 64.5. The third-order valence-electron chi connectivity index (χ3n) is 3.20. The molecule has 0 spiro atoms. The molecule has 0 aliphatic carbocycles. The third kappa shape index (κ3) is 4.04. The molecule has 0 heterocycles. The number of rotatable bonds is 4. The van der Waals surface area contributed by atoms with Crippen molar-refractivity contribution in [2.75, 3.05) is 7.05 Å². The maximum Gasteiger partial charge on any atom is 0.417 e. The minimum atomic E-state index is -4.72. The van der Waals surface area contributed by atoms with Crippen molar-refractivity contribution in [3.63, 3.8) is 0 Å². The zero-order valence-corrected chi connectivity index (χ0v) is 13.6. The number of alkyl halides is 3. The number of nitrogens with zero attached hydrogens (tertiary/aromatic N) is 1. The van der Waals surface area contributed by atoms with Gasteiger partial charge in [0, 0.05) is 13.6 Å². The molecule has 0 bridgehead atoms. The molecule has 23 heavy (non-hydrogen) atoms. The van der Waals surface area contributed by atoms with Crippen molar-refractivity contribution in [2.24, 2.45) is 0 Å². The molecule has 0 aliphatic heterocycles. The molecule has 0 saturated heterocycles. The zero-order valence-electron chi connectivity index (χ0n) is 12.0. The second kappa shape index (κ2) is 6.51. The Kier molecular flexibility index (Phi) is 5.03. The van der Waals surface area contributed by atoms with Crippen LogP contribution < -0.4 is 0 Å². The smallest absolute Gasteiger partial charge is 0.207 e. The standard InChI is InChI=1S/C15H13ClF3NO2S/c1-20(10-11-5-3-2-4-6-11)23(21,22)12-7-8-14(16)13(9-12)15(17,18)19/h2-9H,10H2,1H3. The summed E-state index contributed by atoms with van der Waals surface area (Å²) in [6.45, 7) is 0.0488. The lowest BCUT2D eigenvalue weighted by Crippen LogP contribution is -2.26. The summed E-state index contributed by atoms with van der Waals surface area (Å²) in [6, 6.07) is 11.3. The molecule has 2 aromatic carbocycles. The zero-order chi connectivity index (χ0) is 17.3. The Morgan fingerprint density at radius 2 is 1.70 bits per heavy atom. The Hall–Kier alpha value is -1.57. The normalized spacial score (nSPS) is 12.6. The highest BCUT2D eigenvalue weighted by atomic mass is 35.5. The number of benzene rings is 2. The van der Waals surface area contributed by atoms with Crippen LogP contribution in [0.25, 0.3) is 0 Å². The Labute approximate surface area is 137 Å². The Morgan fingerprint density at radius 1 is 1.09 bits per heavy atom. The first-order valence-corrected chi connectivity index (χ1v) is 8.31. The number of hydrogen-bond acceptors (Lipinski definition) is 2. The largest absolute Gasteiger partial charge is 0.417 e. The van der Waals surface area contributed by atoms with Crippen molar-refractivity contribution in [3.05, 3.63) is 64.7 Å². The highest BCUT2D eigenvalue weighted by Gasteiger charge is 2.35. The van der Waals surface area contributed by atoms with Gasteiger partial charge in [-0.1, -0.05) is 41.9 Å². The first kappa shape index (κ1) is 17.8. The van der Waals surface area contributed by atoms with E-state index in [2.05, 4.69) is 0 Å². The monoisotopic (exact) mass is 363 g/mol. The fourth-order valence-corrected chi connectivity index (χ4v) is 3.40. The lowest BCUT2D eigenvalue weighted by Gasteiger charge is -2.18. The fraction of sp³-hybridized carbons (Fsp3) is 0.200. The van der Waals surface area contributed by atoms with E-state index in [1.54, 1.807) is 30.3 Å². The van der Waals surface area contributed by atoms with Gasteiger partial charge in [0.1, 0.15) is 0 Å². The van der Waals surface area contributed by atoms with E-state index in [1.807, 2.05) is 0 Å². The van der Waals surface area contributed by atoms with Crippen LogP contribution in [0.1, 0.15) is 11.1 Å². The van der Waals surface area contributed by atoms with Crippen molar-refractivity contribution < 1.29 is 21.6 Å². The van der Waals surface area contributed by atoms with Gasteiger partial charge in [0.2, 0.25) is 10.0 Å². The number of halogens is 4. The maximum atomic E-state index is 12.9. The van der Waals surface area contributed by atoms with Crippen LogP contribution in [-0.2, 0) is 22.7 Å². The topological polar surface area (TPSA) is 37.4 Å². The highest BCUT2D eigenvalue weighted by Crippen LogP contribution is 2.36. The van der Waals surface area contributed by atoms with E-state index >= 15 is 0 Å². The van der Waals surface area contributed by atoms with Crippen molar-refractivity contribution in [1.82, 2.24) is 4.31 Å². The van der Waals surface area contributed by atoms with E-state index in [0.29, 0.717) is 6.07 Å². The molecular formula is C15H13ClF3NO2S. The molecule has 0 saturated carbocycles. The molecule has 0 unspecified atom stereocenters. The van der Waals surface area contributed by atoms with Gasteiger partial charge in [-0.2, -0.15) is 17.5 Å². The van der Waals surface area contributed by atoms with E-state index in [9.17, 15) is 21.6 Å². The van der Waals surface area contributed by atoms with Gasteiger partial charge >= 0.3 is 6.18 Å². The first-order chi connectivity index (χ1) is 10.6. The van der Waals surface area contributed by atoms with Gasteiger partial charge in [-0.15, -0.1) is 0 Å². The second-order valence-corrected chi connectivity index (χ2v) is 7.34. The molecule has 0 aromatic heterocycles. The van der Waals surface area contributed by atoms with Crippen LogP contribution in [0.4, 0.5) is 13.2 Å². The fourth-order valence-electron chi connectivity index (χ4n) is 1.99. The van der Waals surface area contributed by atoms with Crippen LogP contribution in [0.5, 0.6) is 0 Å². The summed E-state index contributed by atoms with van der Waals surface area (Å²) >= 11 is 5.51. The van der Waals surface area contributed by atoms with Crippen LogP contribution in [0.3, 0.4) is 0 Å². The van der Waals surface area contributed by atoms with Crippen molar-refractivity contribution in [1.29, 1.82) is 0 Å². The van der Waals surface area contributed by atoms with Crippen LogP contribution in [0.15, 0.2) is 53.4 Å². The molecular weight excluding hydrogens is 351 g/mol. The molecule has 8 heteroatoms. The second-order valence-electron chi connectivity index (χ2n) is 4.89. The summed E-state index contributed by atoms with van der Waals surface area (Å²) in [5.74, 6) is 0. The molecule has 0 fully saturated rings. The van der Waals surface area contributed by atoms with Gasteiger partial charge in [-0.3, -0.25) is 0 Å². The van der Waals surface area contributed by atoms with E-state index < -0.39 is 31.7 Å². The van der Waals surface area contributed by atoms with Crippen LogP contribution >= 0.6 is 11.6 Å². The maximum absolute atomic E-state index is 12.9. The predicted octanol–water partition coefficient (Wildman–Crippen LogP) is 4.18. The van der Waals surface area contributed by atoms with E-state index in [-0.39, 0.29) is 6.54 Å². The molecule has 0 amide bonds. The number of sulfonamides is 1. The molecule has 0 atom stereocenters. The molecule has 124 valence electrons. The Bertz CT molecular complexity index is 792. The summed E-state index contributed by atoms with van der Waals surface area (Å²) in [7, 11) is -2.75. The minimum absolute atomic E-state index is 0.0488. The molecule has 0 radical (unpaired) electrons. The summed E-state index contributed by atoms with van der Waals surface area (Å²) in [4.78, 5) is -0.451. The van der Waals surface area contributed by atoms with E-state index in [4.69, 9.17) is 11.6 Å². The third-order valence-corrected chi connectivity index (χ3v) is 5.33. The SMILES string of the molecule is CN(Cc1ccccc1)S(=O)(=O)c1ccc(Cl)c(C(F)(F)F)c1. The summed E-state index contributed by atoms with van der Waals surface area (Å²) in [5, 5.41) is -0.540. The van der Waals surface area contributed by atoms with Crippen molar-refractivity contribution >= 4 is 21.6 Å². The molecule has 0 aliphatic rings. The Balaban J connectivity index is 2.36. The van der Waals surface area contributed by atoms with Gasteiger partial charge in [0.05, 0.1) is 15.5 Å². The molecule has 2 rings (SSSR count). The number of hydrogen-bond donors (Lipinski definition) is 0. The molecule has 0 N–H and O–H groups in total. The summed E-state index contributed by atoms with van der Waals surface area (Å²) in [5.41, 5.74) is -0.447. The average Bonchev–Trinajstić information content (AvgIpc) is 2.47. The molecule has 3 nitrogen and oxygen atoms in total. The van der Waals surface area contributed by atoms with E-state index in [1.165, 1.54) is 7.05 Å². The first-order valence-electron chi connectivity index (χ1n) is 6.49. The lowest BCUT2D eigenvalue weighted by atomic mass is 10.2. The highest BCUT2D eigenvalue weighted by molar-refractivity contribution is 7.89. The summed E-state index contributed by atoms with van der Waals surface area (Å²) in [6.07, 6.45) is -4.72.